The van der Waals surface area contributed by atoms with Gasteiger partial charge in [0.1, 0.15) is 17.7 Å². The average Bonchev–Trinajstić information content (AvgIpc) is 3.34. The van der Waals surface area contributed by atoms with Crippen molar-refractivity contribution in [2.75, 3.05) is 18.9 Å². The molecule has 0 spiro atoms. The molecule has 8 heteroatoms. The van der Waals surface area contributed by atoms with E-state index in [0.29, 0.717) is 30.5 Å². The summed E-state index contributed by atoms with van der Waals surface area (Å²) in [6.45, 7) is 3.02. The minimum atomic E-state index is -0.328. The van der Waals surface area contributed by atoms with E-state index < -0.39 is 0 Å². The molecule has 3 aromatic rings. The molecule has 0 saturated heterocycles. The maximum Gasteiger partial charge on any atom is 0.291 e. The number of amides is 1. The van der Waals surface area contributed by atoms with Crippen LogP contribution in [0.1, 0.15) is 29.5 Å². The van der Waals surface area contributed by atoms with Gasteiger partial charge in [0, 0.05) is 25.3 Å². The first-order valence-corrected chi connectivity index (χ1v) is 10.4. The molecule has 0 aliphatic heterocycles. The Morgan fingerprint density at radius 1 is 1.12 bits per heavy atom. The average molecular weight is 439 g/mol. The van der Waals surface area contributed by atoms with E-state index in [1.165, 1.54) is 18.4 Å². The minimum absolute atomic E-state index is 0.143. The summed E-state index contributed by atoms with van der Waals surface area (Å²) in [5, 5.41) is 9.28. The van der Waals surface area contributed by atoms with Crippen LogP contribution >= 0.6 is 0 Å². The highest BCUT2D eigenvalue weighted by molar-refractivity contribution is 6.02. The number of nitrogens with one attached hydrogen (secondary N) is 3. The maximum absolute atomic E-state index is 13.4. The summed E-state index contributed by atoms with van der Waals surface area (Å²) in [5.41, 5.74) is 1.64. The number of nitrogens with zero attached hydrogens (tertiary/aromatic N) is 1. The van der Waals surface area contributed by atoms with Crippen LogP contribution in [0.2, 0.25) is 0 Å². The van der Waals surface area contributed by atoms with E-state index >= 15 is 0 Å². The molecule has 1 atom stereocenters. The largest absolute Gasteiger partial charge is 0.489 e. The van der Waals surface area contributed by atoms with E-state index in [1.807, 2.05) is 31.2 Å². The first kappa shape index (κ1) is 22.9. The molecule has 1 aromatic heterocycles. The Bertz CT molecular complexity index is 1040. The normalized spacial score (nSPS) is 12.2. The minimum Gasteiger partial charge on any atom is -0.489 e. The fourth-order valence-corrected chi connectivity index (χ4v) is 2.98. The van der Waals surface area contributed by atoms with Crippen molar-refractivity contribution in [2.24, 2.45) is 4.99 Å². The van der Waals surface area contributed by atoms with Gasteiger partial charge in [0.2, 0.25) is 0 Å². The number of carbonyl (C=O) groups is 1. The number of furan rings is 1. The number of guanidine groups is 1. The summed E-state index contributed by atoms with van der Waals surface area (Å²) in [7, 11) is 1.68. The van der Waals surface area contributed by atoms with Crippen LogP contribution in [0.4, 0.5) is 10.1 Å². The number of ether oxygens (including phenoxy) is 1. The van der Waals surface area contributed by atoms with Crippen molar-refractivity contribution in [2.45, 2.75) is 26.0 Å². The molecular weight excluding hydrogens is 411 g/mol. The van der Waals surface area contributed by atoms with Gasteiger partial charge < -0.3 is 25.1 Å². The van der Waals surface area contributed by atoms with Crippen molar-refractivity contribution >= 4 is 17.6 Å². The topological polar surface area (TPSA) is 87.9 Å². The number of hydrogen-bond donors (Lipinski definition) is 3. The predicted molar refractivity (Wildman–Crippen MR) is 122 cm³/mol. The lowest BCUT2D eigenvalue weighted by Crippen LogP contribution is -2.42. The Hall–Kier alpha value is -3.81. The third-order valence-corrected chi connectivity index (χ3v) is 4.66. The van der Waals surface area contributed by atoms with E-state index in [4.69, 9.17) is 9.15 Å². The quantitative estimate of drug-likeness (QED) is 0.344. The third-order valence-electron chi connectivity index (χ3n) is 4.66. The Morgan fingerprint density at radius 3 is 2.69 bits per heavy atom. The second kappa shape index (κ2) is 11.5. The zero-order valence-electron chi connectivity index (χ0n) is 18.1. The molecule has 3 N–H and O–H groups in total. The first-order chi connectivity index (χ1) is 15.6. The zero-order chi connectivity index (χ0) is 22.8. The van der Waals surface area contributed by atoms with Crippen molar-refractivity contribution in [3.63, 3.8) is 0 Å². The molecular formula is C24H27FN4O3. The number of hydrogen-bond acceptors (Lipinski definition) is 4. The van der Waals surface area contributed by atoms with Crippen LogP contribution in [-0.2, 0) is 6.54 Å². The molecule has 2 aromatic carbocycles. The van der Waals surface area contributed by atoms with Gasteiger partial charge in [-0.25, -0.2) is 4.39 Å². The molecule has 0 aliphatic carbocycles. The van der Waals surface area contributed by atoms with E-state index in [0.717, 1.165) is 12.0 Å². The van der Waals surface area contributed by atoms with Crippen molar-refractivity contribution in [1.82, 2.24) is 10.6 Å². The third kappa shape index (κ3) is 6.87. The molecule has 168 valence electrons. The van der Waals surface area contributed by atoms with Crippen LogP contribution < -0.4 is 20.7 Å². The zero-order valence-corrected chi connectivity index (χ0v) is 18.1. The number of rotatable bonds is 9. The standard InChI is InChI=1S/C24H27FN4O3/c1-3-20(32-21-10-5-8-18(25)14-21)16-28-24(26-2)27-15-17-7-4-9-19(13-17)29-23(30)22-11-6-12-31-22/h4-14,20H,3,15-16H2,1-2H3,(H,29,30)(H2,26,27,28). The lowest BCUT2D eigenvalue weighted by molar-refractivity contribution is 0.0996. The van der Waals surface area contributed by atoms with Crippen LogP contribution in [0.3, 0.4) is 0 Å². The Kier molecular flexibility index (Phi) is 8.25. The monoisotopic (exact) mass is 438 g/mol. The smallest absolute Gasteiger partial charge is 0.291 e. The molecule has 0 saturated carbocycles. The molecule has 1 unspecified atom stereocenters. The van der Waals surface area contributed by atoms with Crippen molar-refractivity contribution in [3.8, 4) is 5.75 Å². The van der Waals surface area contributed by atoms with Crippen LogP contribution in [0.15, 0.2) is 76.3 Å². The van der Waals surface area contributed by atoms with Crippen LogP contribution in [0, 0.1) is 5.82 Å². The molecule has 1 amide bonds. The van der Waals surface area contributed by atoms with Gasteiger partial charge in [0.15, 0.2) is 11.7 Å². The number of carbonyl (C=O) groups excluding carboxylic acids is 1. The summed E-state index contributed by atoms with van der Waals surface area (Å²) in [6.07, 6.45) is 2.06. The Balaban J connectivity index is 1.50. The molecule has 32 heavy (non-hydrogen) atoms. The van der Waals surface area contributed by atoms with Crippen molar-refractivity contribution in [1.29, 1.82) is 0 Å². The number of benzene rings is 2. The molecule has 0 bridgehead atoms. The highest BCUT2D eigenvalue weighted by Gasteiger charge is 2.11. The second-order valence-electron chi connectivity index (χ2n) is 7.04. The Morgan fingerprint density at radius 2 is 1.97 bits per heavy atom. The molecule has 0 radical (unpaired) electrons. The van der Waals surface area contributed by atoms with Crippen LogP contribution in [0.25, 0.3) is 0 Å². The molecule has 0 fully saturated rings. The van der Waals surface area contributed by atoms with Gasteiger partial charge in [-0.15, -0.1) is 0 Å². The SMILES string of the molecule is CCC(CNC(=NC)NCc1cccc(NC(=O)c2ccco2)c1)Oc1cccc(F)c1. The maximum atomic E-state index is 13.4. The van der Waals surface area contributed by atoms with E-state index in [1.54, 1.807) is 31.3 Å². The molecule has 0 aliphatic rings. The Labute approximate surface area is 186 Å². The van der Waals surface area contributed by atoms with Gasteiger partial charge in [-0.3, -0.25) is 9.79 Å². The van der Waals surface area contributed by atoms with Gasteiger partial charge in [0.25, 0.3) is 5.91 Å². The molecule has 3 rings (SSSR count). The van der Waals surface area contributed by atoms with Crippen molar-refractivity contribution < 1.29 is 18.3 Å². The van der Waals surface area contributed by atoms with Gasteiger partial charge in [-0.2, -0.15) is 0 Å². The van der Waals surface area contributed by atoms with Crippen LogP contribution in [0.5, 0.6) is 5.75 Å². The van der Waals surface area contributed by atoms with E-state index in [2.05, 4.69) is 20.9 Å². The fraction of sp³-hybridized carbons (Fsp3) is 0.250. The summed E-state index contributed by atoms with van der Waals surface area (Å²) in [6, 6.07) is 16.9. The summed E-state index contributed by atoms with van der Waals surface area (Å²) < 4.78 is 24.3. The number of aliphatic imine (C=N–C) groups is 1. The van der Waals surface area contributed by atoms with Crippen molar-refractivity contribution in [3.05, 3.63) is 84.1 Å². The number of anilines is 1. The first-order valence-electron chi connectivity index (χ1n) is 10.4. The number of halogens is 1. The highest BCUT2D eigenvalue weighted by Crippen LogP contribution is 2.15. The van der Waals surface area contributed by atoms with Gasteiger partial charge in [-0.1, -0.05) is 25.1 Å². The lowest BCUT2D eigenvalue weighted by Gasteiger charge is -2.20. The second-order valence-corrected chi connectivity index (χ2v) is 7.04. The highest BCUT2D eigenvalue weighted by atomic mass is 19.1. The predicted octanol–water partition coefficient (Wildman–Crippen LogP) is 4.19. The summed E-state index contributed by atoms with van der Waals surface area (Å²) >= 11 is 0. The molecule has 1 heterocycles. The van der Waals surface area contributed by atoms with Gasteiger partial charge >= 0.3 is 0 Å². The van der Waals surface area contributed by atoms with E-state index in [-0.39, 0.29) is 23.6 Å². The van der Waals surface area contributed by atoms with Crippen LogP contribution in [-0.4, -0.2) is 31.6 Å². The molecule has 7 nitrogen and oxygen atoms in total. The van der Waals surface area contributed by atoms with Gasteiger partial charge in [-0.05, 0) is 48.4 Å². The van der Waals surface area contributed by atoms with Gasteiger partial charge in [0.05, 0.1) is 12.8 Å². The lowest BCUT2D eigenvalue weighted by atomic mass is 10.2. The summed E-state index contributed by atoms with van der Waals surface area (Å²) in [5.74, 6) is 0.724. The fourth-order valence-electron chi connectivity index (χ4n) is 2.98. The van der Waals surface area contributed by atoms with E-state index in [9.17, 15) is 9.18 Å². The summed E-state index contributed by atoms with van der Waals surface area (Å²) in [4.78, 5) is 16.4.